The summed E-state index contributed by atoms with van der Waals surface area (Å²) in [4.78, 5) is 32.9. The second-order valence-corrected chi connectivity index (χ2v) is 3.80. The fourth-order valence-corrected chi connectivity index (χ4v) is 1.75. The van der Waals surface area contributed by atoms with Gasteiger partial charge in [-0.05, 0) is 11.4 Å². The molecule has 0 bridgehead atoms. The smallest absolute Gasteiger partial charge is 0.328 e. The number of aliphatic carboxylic acids is 1. The largest absolute Gasteiger partial charge is 0.478 e. The number of Topliss-reactive ketones (excluding diaryl/α,β-unsaturated/α-hetero) is 1. The number of amides is 1. The second kappa shape index (κ2) is 5.22. The van der Waals surface area contributed by atoms with E-state index in [0.717, 1.165) is 12.2 Å². The van der Waals surface area contributed by atoms with Crippen LogP contribution in [0.15, 0.2) is 23.6 Å². The number of carbonyl (C=O) groups excluding carboxylic acids is 2. The number of nitrogens with one attached hydrogen (secondary N) is 1. The summed E-state index contributed by atoms with van der Waals surface area (Å²) in [7, 11) is 0. The molecule has 0 saturated carbocycles. The predicted molar refractivity (Wildman–Crippen MR) is 59.7 cm³/mol. The van der Waals surface area contributed by atoms with E-state index in [1.54, 1.807) is 11.4 Å². The minimum absolute atomic E-state index is 0.146. The molecule has 0 aliphatic rings. The van der Waals surface area contributed by atoms with Crippen molar-refractivity contribution in [3.05, 3.63) is 28.5 Å². The van der Waals surface area contributed by atoms with Crippen molar-refractivity contribution in [1.82, 2.24) is 0 Å². The van der Waals surface area contributed by atoms with Crippen LogP contribution in [0.25, 0.3) is 0 Å². The maximum absolute atomic E-state index is 11.2. The molecule has 1 aromatic rings. The summed E-state index contributed by atoms with van der Waals surface area (Å²) < 4.78 is 0. The van der Waals surface area contributed by atoms with E-state index in [1.807, 2.05) is 0 Å². The van der Waals surface area contributed by atoms with Crippen molar-refractivity contribution in [1.29, 1.82) is 0 Å². The quantitative estimate of drug-likeness (QED) is 0.616. The number of hydrogen-bond acceptors (Lipinski definition) is 4. The summed E-state index contributed by atoms with van der Waals surface area (Å²) in [6, 6.07) is 1.59. The molecular weight excluding hydrogens is 230 g/mol. The van der Waals surface area contributed by atoms with Gasteiger partial charge < -0.3 is 10.4 Å². The topological polar surface area (TPSA) is 83.5 Å². The number of ketones is 1. The Balaban J connectivity index is 2.73. The monoisotopic (exact) mass is 239 g/mol. The van der Waals surface area contributed by atoms with Crippen molar-refractivity contribution in [3.63, 3.8) is 0 Å². The number of anilines is 1. The van der Waals surface area contributed by atoms with Crippen molar-refractivity contribution < 1.29 is 19.5 Å². The maximum atomic E-state index is 11.2. The first-order valence-corrected chi connectivity index (χ1v) is 5.19. The Morgan fingerprint density at radius 2 is 2.06 bits per heavy atom. The van der Waals surface area contributed by atoms with Crippen molar-refractivity contribution in [2.45, 2.75) is 6.92 Å². The number of carbonyl (C=O) groups is 3. The van der Waals surface area contributed by atoms with Crippen LogP contribution in [-0.2, 0) is 9.59 Å². The van der Waals surface area contributed by atoms with Crippen LogP contribution < -0.4 is 5.32 Å². The van der Waals surface area contributed by atoms with Gasteiger partial charge in [0.15, 0.2) is 5.78 Å². The number of carboxylic acids is 1. The van der Waals surface area contributed by atoms with Crippen LogP contribution in [-0.4, -0.2) is 22.8 Å². The number of thiophene rings is 1. The van der Waals surface area contributed by atoms with Gasteiger partial charge in [-0.2, -0.15) is 0 Å². The van der Waals surface area contributed by atoms with Gasteiger partial charge in [0.1, 0.15) is 0 Å². The van der Waals surface area contributed by atoms with Crippen LogP contribution in [0.2, 0.25) is 0 Å². The van der Waals surface area contributed by atoms with E-state index in [0.29, 0.717) is 10.6 Å². The average Bonchev–Trinajstić information content (AvgIpc) is 2.62. The minimum Gasteiger partial charge on any atom is -0.478 e. The first-order valence-electron chi connectivity index (χ1n) is 4.31. The molecule has 84 valence electrons. The highest BCUT2D eigenvalue weighted by molar-refractivity contribution is 7.12. The third-order valence-corrected chi connectivity index (χ3v) is 2.64. The van der Waals surface area contributed by atoms with Gasteiger partial charge in [0.25, 0.3) is 0 Å². The van der Waals surface area contributed by atoms with E-state index in [2.05, 4.69) is 5.32 Å². The maximum Gasteiger partial charge on any atom is 0.328 e. The van der Waals surface area contributed by atoms with E-state index < -0.39 is 11.9 Å². The SMILES string of the molecule is CC(=O)c1sccc1NC(=O)C=CC(=O)O. The molecule has 0 fully saturated rings. The molecule has 0 radical (unpaired) electrons. The molecule has 6 heteroatoms. The molecule has 0 aliphatic heterocycles. The van der Waals surface area contributed by atoms with Gasteiger partial charge in [0.05, 0.1) is 10.6 Å². The van der Waals surface area contributed by atoms with E-state index in [1.165, 1.54) is 18.3 Å². The predicted octanol–water partition coefficient (Wildman–Crippen LogP) is 1.53. The Bertz CT molecular complexity index is 461. The minimum atomic E-state index is -1.20. The standard InChI is InChI=1S/C10H9NO4S/c1-6(12)10-7(4-5-16-10)11-8(13)2-3-9(14)15/h2-5H,1H3,(H,11,13)(H,14,15). The van der Waals surface area contributed by atoms with Gasteiger partial charge in [-0.3, -0.25) is 9.59 Å². The Kier molecular flexibility index (Phi) is 3.96. The number of carboxylic acid groups (broad SMARTS) is 1. The number of hydrogen-bond donors (Lipinski definition) is 2. The Morgan fingerprint density at radius 1 is 1.38 bits per heavy atom. The van der Waals surface area contributed by atoms with Crippen LogP contribution >= 0.6 is 11.3 Å². The summed E-state index contributed by atoms with van der Waals surface area (Å²) in [5.41, 5.74) is 0.400. The zero-order valence-corrected chi connectivity index (χ0v) is 9.21. The lowest BCUT2D eigenvalue weighted by molar-refractivity contribution is -0.131. The van der Waals surface area contributed by atoms with Gasteiger partial charge in [-0.15, -0.1) is 11.3 Å². The average molecular weight is 239 g/mol. The van der Waals surface area contributed by atoms with Crippen LogP contribution in [0.3, 0.4) is 0 Å². The highest BCUT2D eigenvalue weighted by Crippen LogP contribution is 2.22. The van der Waals surface area contributed by atoms with E-state index in [9.17, 15) is 14.4 Å². The fraction of sp³-hybridized carbons (Fsp3) is 0.100. The Morgan fingerprint density at radius 3 is 2.62 bits per heavy atom. The van der Waals surface area contributed by atoms with Crippen LogP contribution in [0, 0.1) is 0 Å². The number of rotatable bonds is 4. The lowest BCUT2D eigenvalue weighted by Crippen LogP contribution is -2.10. The lowest BCUT2D eigenvalue weighted by Gasteiger charge is -2.00. The summed E-state index contributed by atoms with van der Waals surface area (Å²) >= 11 is 1.22. The highest BCUT2D eigenvalue weighted by atomic mass is 32.1. The Labute approximate surface area is 95.4 Å². The zero-order chi connectivity index (χ0) is 12.1. The van der Waals surface area contributed by atoms with Crippen LogP contribution in [0.5, 0.6) is 0 Å². The summed E-state index contributed by atoms with van der Waals surface area (Å²) in [5.74, 6) is -1.93. The first-order chi connectivity index (χ1) is 7.50. The van der Waals surface area contributed by atoms with Crippen molar-refractivity contribution in [2.24, 2.45) is 0 Å². The van der Waals surface area contributed by atoms with Gasteiger partial charge in [-0.1, -0.05) is 0 Å². The third-order valence-electron chi connectivity index (χ3n) is 1.62. The molecule has 0 aliphatic carbocycles. The van der Waals surface area contributed by atoms with E-state index in [4.69, 9.17) is 5.11 Å². The van der Waals surface area contributed by atoms with Crippen molar-refractivity contribution in [2.75, 3.05) is 5.32 Å². The molecule has 1 aromatic heterocycles. The summed E-state index contributed by atoms with van der Waals surface area (Å²) in [5, 5.41) is 12.4. The lowest BCUT2D eigenvalue weighted by atomic mass is 10.3. The molecule has 1 amide bonds. The zero-order valence-electron chi connectivity index (χ0n) is 8.39. The molecule has 0 unspecified atom stereocenters. The Hall–Kier alpha value is -1.95. The van der Waals surface area contributed by atoms with Crippen molar-refractivity contribution >= 4 is 34.7 Å². The molecule has 16 heavy (non-hydrogen) atoms. The molecule has 0 atom stereocenters. The van der Waals surface area contributed by atoms with Gasteiger partial charge in [0, 0.05) is 19.1 Å². The van der Waals surface area contributed by atoms with Crippen LogP contribution in [0.1, 0.15) is 16.6 Å². The van der Waals surface area contributed by atoms with E-state index in [-0.39, 0.29) is 5.78 Å². The summed E-state index contributed by atoms with van der Waals surface area (Å²) in [6.45, 7) is 1.40. The normalized spacial score (nSPS) is 10.3. The molecule has 0 saturated heterocycles. The fourth-order valence-electron chi connectivity index (χ4n) is 1.00. The van der Waals surface area contributed by atoms with Gasteiger partial charge in [-0.25, -0.2) is 4.79 Å². The molecule has 0 spiro atoms. The molecule has 1 heterocycles. The third kappa shape index (κ3) is 3.32. The second-order valence-electron chi connectivity index (χ2n) is 2.88. The molecular formula is C10H9NO4S. The van der Waals surface area contributed by atoms with Crippen molar-refractivity contribution in [3.8, 4) is 0 Å². The highest BCUT2D eigenvalue weighted by Gasteiger charge is 2.10. The molecule has 2 N–H and O–H groups in total. The van der Waals surface area contributed by atoms with Gasteiger partial charge in [0.2, 0.25) is 5.91 Å². The van der Waals surface area contributed by atoms with E-state index >= 15 is 0 Å². The first kappa shape index (κ1) is 12.1. The molecule has 1 rings (SSSR count). The van der Waals surface area contributed by atoms with Gasteiger partial charge >= 0.3 is 5.97 Å². The summed E-state index contributed by atoms with van der Waals surface area (Å²) in [6.07, 6.45) is 1.62. The molecule has 0 aromatic carbocycles. The molecule has 5 nitrogen and oxygen atoms in total. The van der Waals surface area contributed by atoms with Crippen LogP contribution in [0.4, 0.5) is 5.69 Å².